The molecule has 0 spiro atoms. The number of anilines is 2. The van der Waals surface area contributed by atoms with Gasteiger partial charge < -0.3 is 10.6 Å². The molecule has 5 nitrogen and oxygen atoms in total. The first-order valence-corrected chi connectivity index (χ1v) is 8.82. The van der Waals surface area contributed by atoms with Gasteiger partial charge in [-0.05, 0) is 30.3 Å². The van der Waals surface area contributed by atoms with Gasteiger partial charge in [-0.2, -0.15) is 0 Å². The molecule has 2 N–H and O–H groups in total. The molecular weight excluding hydrogens is 343 g/mol. The molecule has 0 aliphatic heterocycles. The number of rotatable bonds is 5. The highest BCUT2D eigenvalue weighted by atomic mass is 35.5. The molecule has 0 heterocycles. The zero-order chi connectivity index (χ0) is 17.0. The van der Waals surface area contributed by atoms with Crippen molar-refractivity contribution >= 4 is 38.7 Å². The van der Waals surface area contributed by atoms with Crippen LogP contribution in [0.4, 0.5) is 15.8 Å². The van der Waals surface area contributed by atoms with Gasteiger partial charge in [0.05, 0.1) is 22.2 Å². The number of hydrogen-bond donors (Lipinski definition) is 2. The molecule has 0 saturated heterocycles. The summed E-state index contributed by atoms with van der Waals surface area (Å²) in [6.07, 6.45) is 1.07. The van der Waals surface area contributed by atoms with Crippen molar-refractivity contribution in [2.75, 3.05) is 23.4 Å². The molecule has 122 valence electrons. The van der Waals surface area contributed by atoms with Crippen molar-refractivity contribution in [1.82, 2.24) is 0 Å². The predicted octanol–water partition coefficient (Wildman–Crippen LogP) is 2.93. The van der Waals surface area contributed by atoms with Gasteiger partial charge in [-0.15, -0.1) is 0 Å². The fraction of sp³-hybridized carbons (Fsp3) is 0.133. The zero-order valence-electron chi connectivity index (χ0n) is 12.1. The summed E-state index contributed by atoms with van der Waals surface area (Å²) in [5.41, 5.74) is 0.682. The van der Waals surface area contributed by atoms with Gasteiger partial charge in [0.15, 0.2) is 9.84 Å². The molecule has 0 atom stereocenters. The van der Waals surface area contributed by atoms with Crippen LogP contribution in [0.1, 0.15) is 0 Å². The Kier molecular flexibility index (Phi) is 5.23. The molecule has 1 amide bonds. The van der Waals surface area contributed by atoms with Crippen LogP contribution >= 0.6 is 11.6 Å². The van der Waals surface area contributed by atoms with E-state index < -0.39 is 21.6 Å². The van der Waals surface area contributed by atoms with E-state index in [0.29, 0.717) is 5.69 Å². The smallest absolute Gasteiger partial charge is 0.243 e. The van der Waals surface area contributed by atoms with E-state index in [9.17, 15) is 17.6 Å². The van der Waals surface area contributed by atoms with E-state index in [-0.39, 0.29) is 22.2 Å². The number of benzene rings is 2. The Morgan fingerprint density at radius 3 is 2.57 bits per heavy atom. The van der Waals surface area contributed by atoms with Crippen molar-refractivity contribution in [3.8, 4) is 0 Å². The lowest BCUT2D eigenvalue weighted by molar-refractivity contribution is -0.114. The number of para-hydroxylation sites is 1. The quantitative estimate of drug-likeness (QED) is 0.863. The number of carbonyl (C=O) groups is 1. The number of sulfone groups is 1. The van der Waals surface area contributed by atoms with Gasteiger partial charge >= 0.3 is 0 Å². The first-order chi connectivity index (χ1) is 10.8. The number of nitrogens with one attached hydrogen (secondary N) is 2. The minimum atomic E-state index is -3.45. The van der Waals surface area contributed by atoms with Gasteiger partial charge in [0.1, 0.15) is 5.82 Å². The normalized spacial score (nSPS) is 11.1. The highest BCUT2D eigenvalue weighted by Gasteiger charge is 2.14. The Balaban J connectivity index is 2.04. The molecule has 2 aromatic carbocycles. The van der Waals surface area contributed by atoms with Gasteiger partial charge in [0.2, 0.25) is 5.91 Å². The topological polar surface area (TPSA) is 75.3 Å². The molecule has 8 heteroatoms. The van der Waals surface area contributed by atoms with Crippen LogP contribution in [0.15, 0.2) is 47.4 Å². The Bertz CT molecular complexity index is 840. The van der Waals surface area contributed by atoms with Crippen molar-refractivity contribution in [2.24, 2.45) is 0 Å². The lowest BCUT2D eigenvalue weighted by Gasteiger charge is -2.11. The molecule has 2 rings (SSSR count). The average Bonchev–Trinajstić information content (AvgIpc) is 2.48. The van der Waals surface area contributed by atoms with Gasteiger partial charge in [-0.25, -0.2) is 12.8 Å². The number of hydrogen-bond acceptors (Lipinski definition) is 4. The summed E-state index contributed by atoms with van der Waals surface area (Å²) >= 11 is 5.65. The standard InChI is InChI=1S/C15H14ClFN2O3S/c1-23(21,22)14-5-3-2-4-13(14)19-15(20)9-18-10-6-7-12(17)11(16)8-10/h2-8,18H,9H2,1H3,(H,19,20). The van der Waals surface area contributed by atoms with Crippen molar-refractivity contribution in [3.05, 3.63) is 53.3 Å². The second-order valence-corrected chi connectivity index (χ2v) is 7.19. The fourth-order valence-electron chi connectivity index (χ4n) is 1.88. The van der Waals surface area contributed by atoms with Crippen LogP contribution in [-0.2, 0) is 14.6 Å². The first kappa shape index (κ1) is 17.2. The van der Waals surface area contributed by atoms with Gasteiger partial charge in [-0.3, -0.25) is 4.79 Å². The zero-order valence-corrected chi connectivity index (χ0v) is 13.7. The molecule has 0 fully saturated rings. The van der Waals surface area contributed by atoms with E-state index in [1.807, 2.05) is 0 Å². The molecule has 23 heavy (non-hydrogen) atoms. The SMILES string of the molecule is CS(=O)(=O)c1ccccc1NC(=O)CNc1ccc(F)c(Cl)c1. The number of halogens is 2. The Morgan fingerprint density at radius 2 is 1.91 bits per heavy atom. The number of amides is 1. The lowest BCUT2D eigenvalue weighted by atomic mass is 10.3. The number of carbonyl (C=O) groups excluding carboxylic acids is 1. The summed E-state index contributed by atoms with van der Waals surface area (Å²) in [6.45, 7) is -0.125. The summed E-state index contributed by atoms with van der Waals surface area (Å²) in [5.74, 6) is -0.995. The second-order valence-electron chi connectivity index (χ2n) is 4.80. The summed E-state index contributed by atoms with van der Waals surface area (Å²) < 4.78 is 36.4. The van der Waals surface area contributed by atoms with Crippen LogP contribution in [-0.4, -0.2) is 27.1 Å². The lowest BCUT2D eigenvalue weighted by Crippen LogP contribution is -2.22. The van der Waals surface area contributed by atoms with Gasteiger partial charge in [0, 0.05) is 11.9 Å². The van der Waals surface area contributed by atoms with E-state index in [2.05, 4.69) is 10.6 Å². The Labute approximate surface area is 138 Å². The molecule has 0 bridgehead atoms. The van der Waals surface area contributed by atoms with Crippen LogP contribution in [0.2, 0.25) is 5.02 Å². The fourth-order valence-corrected chi connectivity index (χ4v) is 2.90. The van der Waals surface area contributed by atoms with E-state index in [1.165, 1.54) is 30.3 Å². The maximum Gasteiger partial charge on any atom is 0.243 e. The summed E-state index contributed by atoms with van der Waals surface area (Å²) in [4.78, 5) is 12.0. The monoisotopic (exact) mass is 356 g/mol. The van der Waals surface area contributed by atoms with E-state index >= 15 is 0 Å². The van der Waals surface area contributed by atoms with Gasteiger partial charge in [0.25, 0.3) is 0 Å². The average molecular weight is 357 g/mol. The molecule has 0 unspecified atom stereocenters. The van der Waals surface area contributed by atoms with Crippen LogP contribution in [0.25, 0.3) is 0 Å². The summed E-state index contributed by atoms with van der Waals surface area (Å²) in [5, 5.41) is 5.25. The largest absolute Gasteiger partial charge is 0.376 e. The second kappa shape index (κ2) is 6.97. The van der Waals surface area contributed by atoms with Crippen molar-refractivity contribution in [2.45, 2.75) is 4.90 Å². The maximum absolute atomic E-state index is 13.0. The van der Waals surface area contributed by atoms with Crippen molar-refractivity contribution in [3.63, 3.8) is 0 Å². The third-order valence-corrected chi connectivity index (χ3v) is 4.38. The third-order valence-electron chi connectivity index (χ3n) is 2.93. The molecule has 0 aromatic heterocycles. The Hall–Kier alpha value is -2.12. The van der Waals surface area contributed by atoms with E-state index in [1.54, 1.807) is 12.1 Å². The van der Waals surface area contributed by atoms with Crippen LogP contribution < -0.4 is 10.6 Å². The van der Waals surface area contributed by atoms with Gasteiger partial charge in [-0.1, -0.05) is 23.7 Å². The molecule has 2 aromatic rings. The third kappa shape index (κ3) is 4.67. The molecule has 0 radical (unpaired) electrons. The predicted molar refractivity (Wildman–Crippen MR) is 88.1 cm³/mol. The minimum absolute atomic E-state index is 0.0400. The molecule has 0 aliphatic rings. The van der Waals surface area contributed by atoms with Crippen molar-refractivity contribution < 1.29 is 17.6 Å². The highest BCUT2D eigenvalue weighted by Crippen LogP contribution is 2.21. The summed E-state index contributed by atoms with van der Waals surface area (Å²) in [7, 11) is -3.45. The van der Waals surface area contributed by atoms with E-state index in [4.69, 9.17) is 11.6 Å². The van der Waals surface area contributed by atoms with Crippen LogP contribution in [0, 0.1) is 5.82 Å². The maximum atomic E-state index is 13.0. The van der Waals surface area contributed by atoms with Crippen LogP contribution in [0.3, 0.4) is 0 Å². The molecule has 0 saturated carbocycles. The molecule has 0 aliphatic carbocycles. The molecular formula is C15H14ClFN2O3S. The minimum Gasteiger partial charge on any atom is -0.376 e. The highest BCUT2D eigenvalue weighted by molar-refractivity contribution is 7.90. The summed E-state index contributed by atoms with van der Waals surface area (Å²) in [6, 6.07) is 10.1. The van der Waals surface area contributed by atoms with Crippen molar-refractivity contribution in [1.29, 1.82) is 0 Å². The first-order valence-electron chi connectivity index (χ1n) is 6.55. The van der Waals surface area contributed by atoms with E-state index in [0.717, 1.165) is 6.26 Å². The van der Waals surface area contributed by atoms with Crippen LogP contribution in [0.5, 0.6) is 0 Å². The Morgan fingerprint density at radius 1 is 1.22 bits per heavy atom.